The highest BCUT2D eigenvalue weighted by Crippen LogP contribution is 2.19. The van der Waals surface area contributed by atoms with Gasteiger partial charge in [-0.2, -0.15) is 0 Å². The van der Waals surface area contributed by atoms with Crippen molar-refractivity contribution < 1.29 is 9.90 Å². The molecule has 3 aromatic rings. The van der Waals surface area contributed by atoms with E-state index in [1.807, 2.05) is 25.2 Å². The van der Waals surface area contributed by atoms with Crippen molar-refractivity contribution in [1.29, 1.82) is 0 Å². The molecular formula is C22H25N5O2. The van der Waals surface area contributed by atoms with Crippen molar-refractivity contribution in [1.82, 2.24) is 24.8 Å². The third kappa shape index (κ3) is 4.70. The number of carbonyl (C=O) groups excluding carboxylic acids is 1. The number of nitrogens with zero attached hydrogens (tertiary/aromatic N) is 4. The molecular weight excluding hydrogens is 366 g/mol. The number of aliphatic hydroxyl groups is 1. The van der Waals surface area contributed by atoms with Crippen LogP contribution in [0.25, 0.3) is 11.3 Å². The van der Waals surface area contributed by atoms with Crippen LogP contribution in [0.2, 0.25) is 0 Å². The molecule has 0 unspecified atom stereocenters. The Bertz CT molecular complexity index is 955. The second-order valence-corrected chi connectivity index (χ2v) is 7.51. The SMILES string of the molecule is Cn1cnc(C(=O)N[C@@H]2CN(Cc3ccc(-c4ccccn4)cc3)CC[C@@H]2O)c1. The first kappa shape index (κ1) is 19.3. The third-order valence-corrected chi connectivity index (χ3v) is 5.24. The Labute approximate surface area is 170 Å². The summed E-state index contributed by atoms with van der Waals surface area (Å²) in [7, 11) is 1.82. The molecule has 0 bridgehead atoms. The molecule has 29 heavy (non-hydrogen) atoms. The maximum atomic E-state index is 12.4. The molecule has 0 aliphatic carbocycles. The van der Waals surface area contributed by atoms with Gasteiger partial charge >= 0.3 is 0 Å². The van der Waals surface area contributed by atoms with Gasteiger partial charge in [-0.1, -0.05) is 30.3 Å². The molecule has 1 aliphatic rings. The lowest BCUT2D eigenvalue weighted by atomic mass is 10.0. The molecule has 2 aromatic heterocycles. The van der Waals surface area contributed by atoms with Gasteiger partial charge in [0.05, 0.1) is 24.2 Å². The van der Waals surface area contributed by atoms with Crippen LogP contribution in [0.15, 0.2) is 61.2 Å². The summed E-state index contributed by atoms with van der Waals surface area (Å²) in [6.07, 6.45) is 5.13. The fourth-order valence-corrected chi connectivity index (χ4v) is 3.64. The smallest absolute Gasteiger partial charge is 0.271 e. The number of likely N-dealkylation sites (tertiary alicyclic amines) is 1. The zero-order valence-electron chi connectivity index (χ0n) is 16.4. The normalized spacial score (nSPS) is 19.8. The molecule has 150 valence electrons. The molecule has 0 spiro atoms. The molecule has 4 rings (SSSR count). The second-order valence-electron chi connectivity index (χ2n) is 7.51. The predicted octanol–water partition coefficient (Wildman–Crippen LogP) is 1.85. The van der Waals surface area contributed by atoms with Crippen LogP contribution in [0, 0.1) is 0 Å². The van der Waals surface area contributed by atoms with Crippen LogP contribution in [0.4, 0.5) is 0 Å². The Morgan fingerprint density at radius 3 is 2.72 bits per heavy atom. The Balaban J connectivity index is 1.37. The van der Waals surface area contributed by atoms with Crippen molar-refractivity contribution in [3.05, 3.63) is 72.4 Å². The molecule has 2 atom stereocenters. The minimum atomic E-state index is -0.551. The molecule has 3 heterocycles. The van der Waals surface area contributed by atoms with Crippen LogP contribution in [0.5, 0.6) is 0 Å². The van der Waals surface area contributed by atoms with Crippen molar-refractivity contribution >= 4 is 5.91 Å². The molecule has 1 saturated heterocycles. The van der Waals surface area contributed by atoms with E-state index < -0.39 is 6.10 Å². The van der Waals surface area contributed by atoms with Crippen molar-refractivity contribution in [2.75, 3.05) is 13.1 Å². The van der Waals surface area contributed by atoms with E-state index in [1.54, 1.807) is 23.3 Å². The fourth-order valence-electron chi connectivity index (χ4n) is 3.64. The number of pyridine rings is 1. The van der Waals surface area contributed by atoms with Crippen molar-refractivity contribution in [2.24, 2.45) is 7.05 Å². The van der Waals surface area contributed by atoms with E-state index in [9.17, 15) is 9.90 Å². The number of imidazole rings is 1. The van der Waals surface area contributed by atoms with Crippen LogP contribution < -0.4 is 5.32 Å². The molecule has 1 aliphatic heterocycles. The average molecular weight is 391 g/mol. The van der Waals surface area contributed by atoms with Gasteiger partial charge in [-0.15, -0.1) is 0 Å². The average Bonchev–Trinajstić information content (AvgIpc) is 3.18. The number of aryl methyl sites for hydroxylation is 1. The lowest BCUT2D eigenvalue weighted by Gasteiger charge is -2.36. The van der Waals surface area contributed by atoms with Gasteiger partial charge in [0.25, 0.3) is 5.91 Å². The monoisotopic (exact) mass is 391 g/mol. The number of amides is 1. The van der Waals surface area contributed by atoms with Gasteiger partial charge in [0.2, 0.25) is 0 Å². The van der Waals surface area contributed by atoms with E-state index in [1.165, 1.54) is 5.56 Å². The minimum absolute atomic E-state index is 0.254. The number of rotatable bonds is 5. The number of benzene rings is 1. The summed E-state index contributed by atoms with van der Waals surface area (Å²) in [5.41, 5.74) is 3.60. The standard InChI is InChI=1S/C22H25N5O2/c1-26-13-20(24-15-26)22(29)25-19-14-27(11-9-21(19)28)12-16-5-7-17(8-6-16)18-4-2-3-10-23-18/h2-8,10,13,15,19,21,28H,9,11-12,14H2,1H3,(H,25,29)/t19-,21+/m1/s1. The molecule has 0 saturated carbocycles. The fraction of sp³-hybridized carbons (Fsp3) is 0.318. The lowest BCUT2D eigenvalue weighted by Crippen LogP contribution is -2.54. The topological polar surface area (TPSA) is 83.3 Å². The summed E-state index contributed by atoms with van der Waals surface area (Å²) in [5.74, 6) is -0.254. The third-order valence-electron chi connectivity index (χ3n) is 5.24. The van der Waals surface area contributed by atoms with Crippen LogP contribution in [-0.4, -0.2) is 55.7 Å². The van der Waals surface area contributed by atoms with Crippen molar-refractivity contribution in [3.63, 3.8) is 0 Å². The molecule has 1 fully saturated rings. The number of nitrogens with one attached hydrogen (secondary N) is 1. The van der Waals surface area contributed by atoms with E-state index in [4.69, 9.17) is 0 Å². The highest BCUT2D eigenvalue weighted by molar-refractivity contribution is 5.92. The number of carbonyl (C=O) groups is 1. The van der Waals surface area contributed by atoms with Crippen LogP contribution in [-0.2, 0) is 13.6 Å². The van der Waals surface area contributed by atoms with Gasteiger partial charge < -0.3 is 15.0 Å². The zero-order valence-corrected chi connectivity index (χ0v) is 16.4. The number of aromatic nitrogens is 3. The van der Waals surface area contributed by atoms with Gasteiger partial charge in [-0.05, 0) is 24.1 Å². The first-order valence-electron chi connectivity index (χ1n) is 9.78. The Hall–Kier alpha value is -3.03. The molecule has 1 amide bonds. The molecule has 1 aromatic carbocycles. The summed E-state index contributed by atoms with van der Waals surface area (Å²) in [4.78, 5) is 23.1. The summed E-state index contributed by atoms with van der Waals surface area (Å²) in [5, 5.41) is 13.3. The zero-order chi connectivity index (χ0) is 20.2. The minimum Gasteiger partial charge on any atom is -0.391 e. The largest absolute Gasteiger partial charge is 0.391 e. The Kier molecular flexibility index (Phi) is 5.69. The summed E-state index contributed by atoms with van der Waals surface area (Å²) < 4.78 is 1.73. The van der Waals surface area contributed by atoms with Gasteiger partial charge in [0, 0.05) is 44.6 Å². The first-order valence-corrected chi connectivity index (χ1v) is 9.78. The van der Waals surface area contributed by atoms with Gasteiger partial charge in [0.1, 0.15) is 5.69 Å². The van der Waals surface area contributed by atoms with Gasteiger partial charge in [0.15, 0.2) is 0 Å². The van der Waals surface area contributed by atoms with Crippen molar-refractivity contribution in [2.45, 2.75) is 25.1 Å². The number of aliphatic hydroxyl groups excluding tert-OH is 1. The molecule has 2 N–H and O–H groups in total. The Morgan fingerprint density at radius 2 is 2.03 bits per heavy atom. The summed E-state index contributed by atoms with van der Waals surface area (Å²) in [6.45, 7) is 2.16. The highest BCUT2D eigenvalue weighted by Gasteiger charge is 2.29. The number of hydrogen-bond donors (Lipinski definition) is 2. The van der Waals surface area contributed by atoms with Crippen LogP contribution in [0.1, 0.15) is 22.5 Å². The van der Waals surface area contributed by atoms with Gasteiger partial charge in [-0.3, -0.25) is 14.7 Å². The van der Waals surface area contributed by atoms with Crippen LogP contribution >= 0.6 is 0 Å². The van der Waals surface area contributed by atoms with Gasteiger partial charge in [-0.25, -0.2) is 4.98 Å². The lowest BCUT2D eigenvalue weighted by molar-refractivity contribution is 0.0409. The quantitative estimate of drug-likeness (QED) is 0.694. The highest BCUT2D eigenvalue weighted by atomic mass is 16.3. The van der Waals surface area contributed by atoms with E-state index in [-0.39, 0.29) is 11.9 Å². The van der Waals surface area contributed by atoms with Crippen molar-refractivity contribution in [3.8, 4) is 11.3 Å². The maximum absolute atomic E-state index is 12.4. The van der Waals surface area contributed by atoms with E-state index in [0.29, 0.717) is 18.7 Å². The summed E-state index contributed by atoms with van der Waals surface area (Å²) in [6, 6.07) is 13.9. The van der Waals surface area contributed by atoms with Crippen LogP contribution in [0.3, 0.4) is 0 Å². The first-order chi connectivity index (χ1) is 14.1. The maximum Gasteiger partial charge on any atom is 0.271 e. The molecule has 7 heteroatoms. The molecule has 7 nitrogen and oxygen atoms in total. The number of piperidine rings is 1. The van der Waals surface area contributed by atoms with E-state index in [2.05, 4.69) is 44.5 Å². The number of hydrogen-bond acceptors (Lipinski definition) is 5. The van der Waals surface area contributed by atoms with E-state index >= 15 is 0 Å². The summed E-state index contributed by atoms with van der Waals surface area (Å²) >= 11 is 0. The molecule has 0 radical (unpaired) electrons. The second kappa shape index (κ2) is 8.55. The van der Waals surface area contributed by atoms with E-state index in [0.717, 1.165) is 24.3 Å². The predicted molar refractivity (Wildman–Crippen MR) is 110 cm³/mol. The Morgan fingerprint density at radius 1 is 1.21 bits per heavy atom.